The summed E-state index contributed by atoms with van der Waals surface area (Å²) in [7, 11) is 0. The molecule has 0 spiro atoms. The minimum absolute atomic E-state index is 0.312. The molecule has 0 saturated carbocycles. The van der Waals surface area contributed by atoms with Crippen LogP contribution in [-0.4, -0.2) is 9.97 Å². The Kier molecular flexibility index (Phi) is 3.81. The van der Waals surface area contributed by atoms with Gasteiger partial charge in [0.25, 0.3) is 0 Å². The molecule has 3 nitrogen and oxygen atoms in total. The van der Waals surface area contributed by atoms with Crippen molar-refractivity contribution in [3.8, 4) is 10.6 Å². The second-order valence-corrected chi connectivity index (χ2v) is 5.42. The highest BCUT2D eigenvalue weighted by molar-refractivity contribution is 7.13. The van der Waals surface area contributed by atoms with Crippen LogP contribution in [0.3, 0.4) is 0 Å². The van der Waals surface area contributed by atoms with Gasteiger partial charge in [-0.2, -0.15) is 13.2 Å². The summed E-state index contributed by atoms with van der Waals surface area (Å²) in [6.45, 7) is 0. The molecule has 1 N–H and O–H groups in total. The van der Waals surface area contributed by atoms with Gasteiger partial charge < -0.3 is 5.32 Å². The number of alkyl halides is 3. The molecule has 0 saturated heterocycles. The van der Waals surface area contributed by atoms with Crippen LogP contribution in [0, 0.1) is 0 Å². The fourth-order valence-electron chi connectivity index (χ4n) is 1.89. The van der Waals surface area contributed by atoms with E-state index < -0.39 is 11.7 Å². The Labute approximate surface area is 128 Å². The standard InChI is InChI=1S/C15H10F3N3S/c16-15(17,18)10-3-1-4-11(7-10)20-14-9-19-8-12(21-14)13-5-2-6-22-13/h1-9H,(H,20,21). The van der Waals surface area contributed by atoms with E-state index in [0.717, 1.165) is 17.0 Å². The second kappa shape index (κ2) is 5.76. The van der Waals surface area contributed by atoms with Crippen molar-refractivity contribution < 1.29 is 13.2 Å². The molecule has 1 aromatic carbocycles. The van der Waals surface area contributed by atoms with Crippen molar-refractivity contribution in [1.82, 2.24) is 9.97 Å². The summed E-state index contributed by atoms with van der Waals surface area (Å²) in [6.07, 6.45) is -1.29. The maximum absolute atomic E-state index is 12.7. The number of nitrogens with one attached hydrogen (secondary N) is 1. The van der Waals surface area contributed by atoms with E-state index >= 15 is 0 Å². The van der Waals surface area contributed by atoms with Gasteiger partial charge in [0.05, 0.1) is 22.8 Å². The van der Waals surface area contributed by atoms with Gasteiger partial charge in [-0.25, -0.2) is 4.98 Å². The SMILES string of the molecule is FC(F)(F)c1cccc(Nc2cncc(-c3cccs3)n2)c1. The van der Waals surface area contributed by atoms with E-state index in [0.29, 0.717) is 17.2 Å². The van der Waals surface area contributed by atoms with Crippen molar-refractivity contribution in [1.29, 1.82) is 0 Å². The highest BCUT2D eigenvalue weighted by Gasteiger charge is 2.30. The molecule has 2 heterocycles. The van der Waals surface area contributed by atoms with Crippen LogP contribution >= 0.6 is 11.3 Å². The van der Waals surface area contributed by atoms with Crippen LogP contribution in [0.15, 0.2) is 54.2 Å². The highest BCUT2D eigenvalue weighted by Crippen LogP contribution is 2.31. The van der Waals surface area contributed by atoms with E-state index in [1.807, 2.05) is 17.5 Å². The van der Waals surface area contributed by atoms with E-state index in [1.165, 1.54) is 23.6 Å². The lowest BCUT2D eigenvalue weighted by molar-refractivity contribution is -0.137. The summed E-state index contributed by atoms with van der Waals surface area (Å²) in [5, 5.41) is 4.77. The number of halogens is 3. The third-order valence-corrected chi connectivity index (χ3v) is 3.76. The van der Waals surface area contributed by atoms with Gasteiger partial charge >= 0.3 is 6.18 Å². The Morgan fingerprint density at radius 1 is 1.05 bits per heavy atom. The maximum atomic E-state index is 12.7. The number of rotatable bonds is 3. The Hall–Kier alpha value is -2.41. The molecule has 0 aliphatic carbocycles. The Balaban J connectivity index is 1.86. The monoisotopic (exact) mass is 321 g/mol. The van der Waals surface area contributed by atoms with Crippen LogP contribution < -0.4 is 5.32 Å². The summed E-state index contributed by atoms with van der Waals surface area (Å²) in [5.41, 5.74) is 0.277. The molecule has 0 radical (unpaired) electrons. The lowest BCUT2D eigenvalue weighted by Gasteiger charge is -2.10. The Bertz CT molecular complexity index is 770. The molecule has 0 aliphatic heterocycles. The number of anilines is 2. The maximum Gasteiger partial charge on any atom is 0.416 e. The number of thiophene rings is 1. The number of hydrogen-bond donors (Lipinski definition) is 1. The summed E-state index contributed by atoms with van der Waals surface area (Å²) < 4.78 is 38.1. The molecule has 3 aromatic rings. The molecule has 7 heteroatoms. The van der Waals surface area contributed by atoms with Gasteiger partial charge in [-0.15, -0.1) is 11.3 Å². The number of benzene rings is 1. The second-order valence-electron chi connectivity index (χ2n) is 4.47. The lowest BCUT2D eigenvalue weighted by Crippen LogP contribution is -2.05. The minimum Gasteiger partial charge on any atom is -0.339 e. The summed E-state index contributed by atoms with van der Waals surface area (Å²) in [6, 6.07) is 8.77. The summed E-state index contributed by atoms with van der Waals surface area (Å²) >= 11 is 1.52. The number of hydrogen-bond acceptors (Lipinski definition) is 4. The molecule has 0 fully saturated rings. The zero-order valence-corrected chi connectivity index (χ0v) is 11.9. The van der Waals surface area contributed by atoms with E-state index in [2.05, 4.69) is 15.3 Å². The van der Waals surface area contributed by atoms with Gasteiger partial charge in [0, 0.05) is 5.69 Å². The smallest absolute Gasteiger partial charge is 0.339 e. The number of nitrogens with zero attached hydrogens (tertiary/aromatic N) is 2. The Morgan fingerprint density at radius 3 is 2.64 bits per heavy atom. The topological polar surface area (TPSA) is 37.8 Å². The van der Waals surface area contributed by atoms with Gasteiger partial charge in [0.2, 0.25) is 0 Å². The van der Waals surface area contributed by atoms with Crippen molar-refractivity contribution in [2.75, 3.05) is 5.32 Å². The molecule has 2 aromatic heterocycles. The third kappa shape index (κ3) is 3.25. The zero-order valence-electron chi connectivity index (χ0n) is 11.1. The van der Waals surface area contributed by atoms with Crippen LogP contribution in [0.4, 0.5) is 24.7 Å². The molecular formula is C15H10F3N3S. The van der Waals surface area contributed by atoms with Crippen molar-refractivity contribution >= 4 is 22.8 Å². The van der Waals surface area contributed by atoms with Gasteiger partial charge in [-0.1, -0.05) is 12.1 Å². The van der Waals surface area contributed by atoms with Crippen LogP contribution in [0.1, 0.15) is 5.56 Å². The normalized spacial score (nSPS) is 11.4. The molecule has 0 amide bonds. The molecule has 3 rings (SSSR count). The number of aromatic nitrogens is 2. The third-order valence-electron chi connectivity index (χ3n) is 2.87. The van der Waals surface area contributed by atoms with Crippen LogP contribution in [0.25, 0.3) is 10.6 Å². The van der Waals surface area contributed by atoms with Crippen molar-refractivity contribution in [3.05, 3.63) is 59.7 Å². The van der Waals surface area contributed by atoms with Crippen LogP contribution in [0.5, 0.6) is 0 Å². The molecular weight excluding hydrogens is 311 g/mol. The average molecular weight is 321 g/mol. The van der Waals surface area contributed by atoms with Crippen molar-refractivity contribution in [3.63, 3.8) is 0 Å². The van der Waals surface area contributed by atoms with Crippen molar-refractivity contribution in [2.45, 2.75) is 6.18 Å². The minimum atomic E-state index is -4.37. The fourth-order valence-corrected chi connectivity index (χ4v) is 2.57. The predicted molar refractivity (Wildman–Crippen MR) is 80.1 cm³/mol. The quantitative estimate of drug-likeness (QED) is 0.740. The first kappa shape index (κ1) is 14.5. The first-order valence-corrected chi connectivity index (χ1v) is 7.20. The largest absolute Gasteiger partial charge is 0.416 e. The highest BCUT2D eigenvalue weighted by atomic mass is 32.1. The van der Waals surface area contributed by atoms with Gasteiger partial charge in [-0.05, 0) is 29.6 Å². The molecule has 0 unspecified atom stereocenters. The summed E-state index contributed by atoms with van der Waals surface area (Å²) in [4.78, 5) is 9.37. The Morgan fingerprint density at radius 2 is 1.91 bits per heavy atom. The fraction of sp³-hybridized carbons (Fsp3) is 0.0667. The molecule has 22 heavy (non-hydrogen) atoms. The zero-order chi connectivity index (χ0) is 15.6. The molecule has 0 bridgehead atoms. The van der Waals surface area contributed by atoms with Crippen LogP contribution in [0.2, 0.25) is 0 Å². The van der Waals surface area contributed by atoms with Gasteiger partial charge in [0.15, 0.2) is 0 Å². The first-order chi connectivity index (χ1) is 10.5. The van der Waals surface area contributed by atoms with E-state index in [-0.39, 0.29) is 0 Å². The molecule has 112 valence electrons. The van der Waals surface area contributed by atoms with Gasteiger partial charge in [-0.3, -0.25) is 4.98 Å². The van der Waals surface area contributed by atoms with E-state index in [1.54, 1.807) is 12.3 Å². The summed E-state index contributed by atoms with van der Waals surface area (Å²) in [5.74, 6) is 0.394. The molecule has 0 atom stereocenters. The average Bonchev–Trinajstić information content (AvgIpc) is 3.01. The van der Waals surface area contributed by atoms with Gasteiger partial charge in [0.1, 0.15) is 11.5 Å². The van der Waals surface area contributed by atoms with E-state index in [4.69, 9.17) is 0 Å². The first-order valence-electron chi connectivity index (χ1n) is 6.32. The molecule has 0 aliphatic rings. The van der Waals surface area contributed by atoms with Crippen LogP contribution in [-0.2, 0) is 6.18 Å². The lowest BCUT2D eigenvalue weighted by atomic mass is 10.2. The predicted octanol–water partition coefficient (Wildman–Crippen LogP) is 4.97. The van der Waals surface area contributed by atoms with Crippen molar-refractivity contribution in [2.24, 2.45) is 0 Å². The van der Waals surface area contributed by atoms with E-state index in [9.17, 15) is 13.2 Å².